The largest absolute Gasteiger partial charge is 0.462 e. The summed E-state index contributed by atoms with van der Waals surface area (Å²) in [7, 11) is 0. The fourth-order valence-electron chi connectivity index (χ4n) is 2.11. The van der Waals surface area contributed by atoms with Crippen molar-refractivity contribution in [3.05, 3.63) is 65.6 Å². The summed E-state index contributed by atoms with van der Waals surface area (Å²) in [5, 5.41) is 4.37. The summed E-state index contributed by atoms with van der Waals surface area (Å²) in [6.07, 6.45) is 6.81. The summed E-state index contributed by atoms with van der Waals surface area (Å²) in [4.78, 5) is 0. The number of ether oxygens (including phenoxy) is 1. The second-order valence-corrected chi connectivity index (χ2v) is 5.13. The summed E-state index contributed by atoms with van der Waals surface area (Å²) in [5.74, 6) is 2.46. The molecule has 2 aromatic rings. The second-order valence-electron chi connectivity index (χ2n) is 5.13. The Labute approximate surface area is 131 Å². The molecule has 0 bridgehead atoms. The normalized spacial score (nSPS) is 12.0. The molecule has 0 aliphatic carbocycles. The molecule has 0 saturated heterocycles. The van der Waals surface area contributed by atoms with Gasteiger partial charge in [-0.3, -0.25) is 0 Å². The van der Waals surface area contributed by atoms with E-state index in [1.165, 1.54) is 0 Å². The van der Waals surface area contributed by atoms with Crippen molar-refractivity contribution in [2.24, 2.45) is 0 Å². The third-order valence-corrected chi connectivity index (χ3v) is 3.26. The van der Waals surface area contributed by atoms with Crippen LogP contribution in [0.1, 0.15) is 31.5 Å². The van der Waals surface area contributed by atoms with Gasteiger partial charge in [-0.2, -0.15) is 5.10 Å². The van der Waals surface area contributed by atoms with Crippen molar-refractivity contribution in [3.63, 3.8) is 0 Å². The number of anilines is 1. The summed E-state index contributed by atoms with van der Waals surface area (Å²) >= 11 is 0. The maximum atomic E-state index is 5.91. The van der Waals surface area contributed by atoms with Gasteiger partial charge in [0.25, 0.3) is 0 Å². The molecule has 4 heteroatoms. The van der Waals surface area contributed by atoms with Gasteiger partial charge in [0.05, 0.1) is 12.2 Å². The van der Waals surface area contributed by atoms with Crippen LogP contribution in [0, 0.1) is 6.92 Å². The lowest BCUT2D eigenvalue weighted by molar-refractivity contribution is 0.409. The molecule has 0 unspecified atom stereocenters. The summed E-state index contributed by atoms with van der Waals surface area (Å²) in [6, 6.07) is 9.89. The van der Waals surface area contributed by atoms with E-state index in [-0.39, 0.29) is 0 Å². The molecular weight excluding hydrogens is 274 g/mol. The molecule has 0 saturated carbocycles. The van der Waals surface area contributed by atoms with Crippen LogP contribution in [-0.2, 0) is 6.54 Å². The van der Waals surface area contributed by atoms with Crippen LogP contribution in [0.2, 0.25) is 0 Å². The molecule has 0 radical (unpaired) electrons. The molecule has 22 heavy (non-hydrogen) atoms. The Balaban J connectivity index is 2.05. The molecule has 2 N–H and O–H groups in total. The van der Waals surface area contributed by atoms with Gasteiger partial charge in [-0.1, -0.05) is 31.2 Å². The summed E-state index contributed by atoms with van der Waals surface area (Å²) in [6.45, 7) is 6.66. The van der Waals surface area contributed by atoms with Crippen LogP contribution in [0.4, 0.5) is 5.82 Å². The fraction of sp³-hybridized carbons (Fsp3) is 0.278. The minimum Gasteiger partial charge on any atom is -0.462 e. The van der Waals surface area contributed by atoms with E-state index in [0.29, 0.717) is 12.4 Å². The standard InChI is InChI=1S/C18H23N3O/c1-4-6-7-16(5-2)22-17-10-8-15(9-11-17)13-21-18(19)12-14(3)20-21/h4,6-12H,5,13,19H2,1-3H3/b6-4-,16-7+. The van der Waals surface area contributed by atoms with Crippen molar-refractivity contribution in [1.29, 1.82) is 0 Å². The van der Waals surface area contributed by atoms with Gasteiger partial charge in [-0.05, 0) is 37.6 Å². The minimum atomic E-state index is 0.662. The number of hydrogen-bond acceptors (Lipinski definition) is 3. The first-order valence-corrected chi connectivity index (χ1v) is 7.51. The van der Waals surface area contributed by atoms with Gasteiger partial charge < -0.3 is 10.5 Å². The number of rotatable bonds is 6. The number of aromatic nitrogens is 2. The molecule has 0 aliphatic rings. The topological polar surface area (TPSA) is 53.1 Å². The maximum absolute atomic E-state index is 5.91. The van der Waals surface area contributed by atoms with Gasteiger partial charge >= 0.3 is 0 Å². The number of allylic oxidation sites excluding steroid dienone is 4. The fourth-order valence-corrected chi connectivity index (χ4v) is 2.11. The Bertz CT molecular complexity index is 666. The van der Waals surface area contributed by atoms with Crippen molar-refractivity contribution in [3.8, 4) is 5.75 Å². The van der Waals surface area contributed by atoms with E-state index >= 15 is 0 Å². The molecule has 2 rings (SSSR count). The van der Waals surface area contributed by atoms with Crippen LogP contribution < -0.4 is 10.5 Å². The quantitative estimate of drug-likeness (QED) is 0.646. The average Bonchev–Trinajstić information content (AvgIpc) is 2.83. The highest BCUT2D eigenvalue weighted by Gasteiger charge is 2.03. The van der Waals surface area contributed by atoms with Crippen molar-refractivity contribution in [1.82, 2.24) is 9.78 Å². The highest BCUT2D eigenvalue weighted by molar-refractivity contribution is 5.33. The lowest BCUT2D eigenvalue weighted by Gasteiger charge is -2.09. The number of benzene rings is 1. The Morgan fingerprint density at radius 3 is 2.59 bits per heavy atom. The van der Waals surface area contributed by atoms with Crippen LogP contribution in [-0.4, -0.2) is 9.78 Å². The molecule has 4 nitrogen and oxygen atoms in total. The molecular formula is C18H23N3O. The smallest absolute Gasteiger partial charge is 0.126 e. The zero-order valence-corrected chi connectivity index (χ0v) is 13.4. The van der Waals surface area contributed by atoms with Crippen molar-refractivity contribution in [2.45, 2.75) is 33.7 Å². The number of nitrogen functional groups attached to an aromatic ring is 1. The van der Waals surface area contributed by atoms with Gasteiger partial charge in [-0.25, -0.2) is 4.68 Å². The van der Waals surface area contributed by atoms with Gasteiger partial charge in [0.15, 0.2) is 0 Å². The van der Waals surface area contributed by atoms with E-state index in [9.17, 15) is 0 Å². The van der Waals surface area contributed by atoms with E-state index in [1.807, 2.05) is 62.4 Å². The average molecular weight is 297 g/mol. The third-order valence-electron chi connectivity index (χ3n) is 3.26. The van der Waals surface area contributed by atoms with Crippen molar-refractivity contribution < 1.29 is 4.74 Å². The predicted octanol–water partition coefficient (Wildman–Crippen LogP) is 4.07. The molecule has 0 amide bonds. The second kappa shape index (κ2) is 7.50. The molecule has 0 spiro atoms. The zero-order chi connectivity index (χ0) is 15.9. The molecule has 0 atom stereocenters. The van der Waals surface area contributed by atoms with E-state index in [4.69, 9.17) is 10.5 Å². The van der Waals surface area contributed by atoms with Crippen LogP contribution in [0.15, 0.2) is 54.3 Å². The SMILES string of the molecule is C/C=C\C=C(/CC)Oc1ccc(Cn2nc(C)cc2N)cc1. The van der Waals surface area contributed by atoms with Crippen molar-refractivity contribution in [2.75, 3.05) is 5.73 Å². The van der Waals surface area contributed by atoms with E-state index < -0.39 is 0 Å². The Kier molecular flexibility index (Phi) is 5.42. The molecule has 0 aliphatic heterocycles. The molecule has 1 aromatic heterocycles. The zero-order valence-electron chi connectivity index (χ0n) is 13.4. The number of nitrogens with zero attached hydrogens (tertiary/aromatic N) is 2. The molecule has 1 aromatic carbocycles. The number of hydrogen-bond donors (Lipinski definition) is 1. The lowest BCUT2D eigenvalue weighted by Crippen LogP contribution is -2.05. The maximum Gasteiger partial charge on any atom is 0.126 e. The third kappa shape index (κ3) is 4.25. The highest BCUT2D eigenvalue weighted by Crippen LogP contribution is 2.18. The molecule has 116 valence electrons. The molecule has 1 heterocycles. The first-order valence-electron chi connectivity index (χ1n) is 7.51. The lowest BCUT2D eigenvalue weighted by atomic mass is 10.2. The van der Waals surface area contributed by atoms with E-state index in [1.54, 1.807) is 4.68 Å². The monoisotopic (exact) mass is 297 g/mol. The van der Waals surface area contributed by atoms with Crippen LogP contribution in [0.25, 0.3) is 0 Å². The van der Waals surface area contributed by atoms with Gasteiger partial charge in [-0.15, -0.1) is 0 Å². The predicted molar refractivity (Wildman–Crippen MR) is 90.7 cm³/mol. The highest BCUT2D eigenvalue weighted by atomic mass is 16.5. The van der Waals surface area contributed by atoms with Crippen molar-refractivity contribution >= 4 is 5.82 Å². The summed E-state index contributed by atoms with van der Waals surface area (Å²) in [5.41, 5.74) is 7.98. The van der Waals surface area contributed by atoms with E-state index in [2.05, 4.69) is 12.0 Å². The number of nitrogens with two attached hydrogens (primary N) is 1. The van der Waals surface area contributed by atoms with Gasteiger partial charge in [0.2, 0.25) is 0 Å². The minimum absolute atomic E-state index is 0.662. The Morgan fingerprint density at radius 1 is 1.32 bits per heavy atom. The Hall–Kier alpha value is -2.49. The van der Waals surface area contributed by atoms with Crippen LogP contribution >= 0.6 is 0 Å². The molecule has 0 fully saturated rings. The van der Waals surface area contributed by atoms with E-state index in [0.717, 1.165) is 29.2 Å². The van der Waals surface area contributed by atoms with Crippen LogP contribution in [0.3, 0.4) is 0 Å². The first kappa shape index (κ1) is 15.9. The summed E-state index contributed by atoms with van der Waals surface area (Å²) < 4.78 is 7.66. The van der Waals surface area contributed by atoms with Gasteiger partial charge in [0, 0.05) is 12.5 Å². The Morgan fingerprint density at radius 2 is 2.05 bits per heavy atom. The van der Waals surface area contributed by atoms with Crippen LogP contribution in [0.5, 0.6) is 5.75 Å². The first-order chi connectivity index (χ1) is 10.6. The van der Waals surface area contributed by atoms with Gasteiger partial charge in [0.1, 0.15) is 17.3 Å². The number of aryl methyl sites for hydroxylation is 1.